The summed E-state index contributed by atoms with van der Waals surface area (Å²) in [5.74, 6) is -0.605. The lowest BCUT2D eigenvalue weighted by Crippen LogP contribution is -2.66. The molecule has 1 saturated heterocycles. The fourth-order valence-electron chi connectivity index (χ4n) is 3.37. The Kier molecular flexibility index (Phi) is 5.89. The van der Waals surface area contributed by atoms with Crippen molar-refractivity contribution >= 4 is 11.9 Å². The van der Waals surface area contributed by atoms with Crippen molar-refractivity contribution < 1.29 is 19.1 Å². The van der Waals surface area contributed by atoms with E-state index in [1.807, 2.05) is 34.6 Å². The molecular weight excluding hydrogens is 294 g/mol. The van der Waals surface area contributed by atoms with Gasteiger partial charge in [0.25, 0.3) is 0 Å². The summed E-state index contributed by atoms with van der Waals surface area (Å²) in [4.78, 5) is 25.6. The molecule has 0 amide bonds. The first-order valence-corrected chi connectivity index (χ1v) is 8.56. The first-order chi connectivity index (χ1) is 10.4. The van der Waals surface area contributed by atoms with Crippen molar-refractivity contribution in [3.05, 3.63) is 0 Å². The summed E-state index contributed by atoms with van der Waals surface area (Å²) in [5.41, 5.74) is 3.61. The van der Waals surface area contributed by atoms with E-state index < -0.39 is 22.5 Å². The molecule has 1 aliphatic rings. The number of esters is 2. The van der Waals surface area contributed by atoms with E-state index in [0.29, 0.717) is 25.4 Å². The Labute approximate surface area is 140 Å². The summed E-state index contributed by atoms with van der Waals surface area (Å²) in [6.45, 7) is 13.7. The lowest BCUT2D eigenvalue weighted by molar-refractivity contribution is -0.176. The van der Waals surface area contributed by atoms with Gasteiger partial charge < -0.3 is 15.2 Å². The third-order valence-electron chi connectivity index (χ3n) is 4.75. The van der Waals surface area contributed by atoms with E-state index in [1.165, 1.54) is 0 Å². The number of carbonyl (C=O) groups is 2. The highest BCUT2D eigenvalue weighted by Gasteiger charge is 2.64. The summed E-state index contributed by atoms with van der Waals surface area (Å²) in [7, 11) is 0. The van der Waals surface area contributed by atoms with E-state index in [1.54, 1.807) is 0 Å². The maximum atomic E-state index is 13.0. The summed E-state index contributed by atoms with van der Waals surface area (Å²) in [6, 6.07) is 0. The van der Waals surface area contributed by atoms with Gasteiger partial charge in [-0.2, -0.15) is 0 Å². The minimum atomic E-state index is -1.37. The van der Waals surface area contributed by atoms with Crippen molar-refractivity contribution in [2.45, 2.75) is 78.9 Å². The highest BCUT2D eigenvalue weighted by Crippen LogP contribution is 2.48. The van der Waals surface area contributed by atoms with Gasteiger partial charge >= 0.3 is 11.9 Å². The molecule has 134 valence electrons. The average molecular weight is 327 g/mol. The van der Waals surface area contributed by atoms with Crippen LogP contribution in [0.4, 0.5) is 0 Å². The van der Waals surface area contributed by atoms with E-state index >= 15 is 0 Å². The van der Waals surface area contributed by atoms with Crippen molar-refractivity contribution in [3.8, 4) is 0 Å². The van der Waals surface area contributed by atoms with Crippen LogP contribution in [0, 0.1) is 17.3 Å². The number of hydrogen-bond donors (Lipinski definition) is 1. The molecule has 0 spiro atoms. The molecule has 1 aliphatic heterocycles. The van der Waals surface area contributed by atoms with Gasteiger partial charge in [0.05, 0.1) is 6.61 Å². The number of hydrogen-bond acceptors (Lipinski definition) is 5. The van der Waals surface area contributed by atoms with E-state index in [0.717, 1.165) is 6.42 Å². The van der Waals surface area contributed by atoms with Crippen LogP contribution in [-0.4, -0.2) is 29.7 Å². The first-order valence-electron chi connectivity index (χ1n) is 8.56. The molecule has 1 fully saturated rings. The second-order valence-electron chi connectivity index (χ2n) is 8.42. The van der Waals surface area contributed by atoms with Gasteiger partial charge in [0.15, 0.2) is 0 Å². The number of rotatable bonds is 6. The topological polar surface area (TPSA) is 78.6 Å². The highest BCUT2D eigenvalue weighted by molar-refractivity contribution is 5.92. The molecule has 0 radical (unpaired) electrons. The fourth-order valence-corrected chi connectivity index (χ4v) is 3.37. The second kappa shape index (κ2) is 6.80. The normalized spacial score (nSPS) is 24.7. The molecule has 5 nitrogen and oxygen atoms in total. The summed E-state index contributed by atoms with van der Waals surface area (Å²) < 4.78 is 10.8. The number of ether oxygens (including phenoxy) is 2. The zero-order valence-corrected chi connectivity index (χ0v) is 15.7. The predicted octanol–water partition coefficient (Wildman–Crippen LogP) is 3.05. The quantitative estimate of drug-likeness (QED) is 0.759. The Morgan fingerprint density at radius 2 is 1.87 bits per heavy atom. The van der Waals surface area contributed by atoms with E-state index in [9.17, 15) is 9.59 Å². The van der Waals surface area contributed by atoms with Gasteiger partial charge in [-0.1, -0.05) is 27.7 Å². The SMILES string of the molecule is CC(C)CCC(N)(C(=O)OC(C)(C)C)C1(C(C)C)CCOC1=O. The molecule has 2 atom stereocenters. The summed E-state index contributed by atoms with van der Waals surface area (Å²) in [5, 5.41) is 0. The van der Waals surface area contributed by atoms with Gasteiger partial charge in [0.2, 0.25) is 0 Å². The van der Waals surface area contributed by atoms with Crippen LogP contribution >= 0.6 is 0 Å². The first kappa shape index (κ1) is 19.9. The lowest BCUT2D eigenvalue weighted by Gasteiger charge is -2.45. The molecule has 0 aromatic heterocycles. The molecule has 0 aromatic carbocycles. The van der Waals surface area contributed by atoms with E-state index in [4.69, 9.17) is 15.2 Å². The molecule has 2 unspecified atom stereocenters. The van der Waals surface area contributed by atoms with Crippen LogP contribution in [0.3, 0.4) is 0 Å². The van der Waals surface area contributed by atoms with Crippen molar-refractivity contribution in [3.63, 3.8) is 0 Å². The molecule has 0 saturated carbocycles. The Hall–Kier alpha value is -1.10. The summed E-state index contributed by atoms with van der Waals surface area (Å²) in [6.07, 6.45) is 1.61. The van der Waals surface area contributed by atoms with Crippen LogP contribution in [0.25, 0.3) is 0 Å². The molecule has 23 heavy (non-hydrogen) atoms. The molecule has 0 aromatic rings. The van der Waals surface area contributed by atoms with Crippen LogP contribution in [-0.2, 0) is 19.1 Å². The molecule has 0 aliphatic carbocycles. The van der Waals surface area contributed by atoms with Gasteiger partial charge in [-0.25, -0.2) is 4.79 Å². The minimum absolute atomic E-state index is 0.109. The highest BCUT2D eigenvalue weighted by atomic mass is 16.6. The number of carbonyl (C=O) groups excluding carboxylic acids is 2. The standard InChI is InChI=1S/C18H33NO4/c1-12(2)8-9-18(19,15(21)23-16(5,6)7)17(13(3)4)10-11-22-14(17)20/h12-13H,8-11,19H2,1-7H3. The summed E-state index contributed by atoms with van der Waals surface area (Å²) >= 11 is 0. The van der Waals surface area contributed by atoms with Gasteiger partial charge in [-0.15, -0.1) is 0 Å². The predicted molar refractivity (Wildman–Crippen MR) is 89.7 cm³/mol. The van der Waals surface area contributed by atoms with Crippen molar-refractivity contribution in [1.82, 2.24) is 0 Å². The zero-order valence-electron chi connectivity index (χ0n) is 15.7. The number of cyclic esters (lactones) is 1. The van der Waals surface area contributed by atoms with Gasteiger partial charge in [-0.3, -0.25) is 4.79 Å². The number of nitrogens with two attached hydrogens (primary N) is 1. The van der Waals surface area contributed by atoms with Crippen LogP contribution in [0.5, 0.6) is 0 Å². The van der Waals surface area contributed by atoms with Gasteiger partial charge in [0.1, 0.15) is 16.6 Å². The fraction of sp³-hybridized carbons (Fsp3) is 0.889. The minimum Gasteiger partial charge on any atom is -0.465 e. The lowest BCUT2D eigenvalue weighted by atomic mass is 9.60. The maximum absolute atomic E-state index is 13.0. The smallest absolute Gasteiger partial charge is 0.327 e. The Morgan fingerprint density at radius 3 is 2.22 bits per heavy atom. The Balaban J connectivity index is 3.32. The zero-order chi connectivity index (χ0) is 18.1. The van der Waals surface area contributed by atoms with Crippen LogP contribution in [0.1, 0.15) is 67.7 Å². The molecule has 1 rings (SSSR count). The molecule has 0 bridgehead atoms. The van der Waals surface area contributed by atoms with Crippen molar-refractivity contribution in [2.24, 2.45) is 23.0 Å². The van der Waals surface area contributed by atoms with E-state index in [2.05, 4.69) is 13.8 Å². The average Bonchev–Trinajstić information content (AvgIpc) is 2.77. The van der Waals surface area contributed by atoms with E-state index in [-0.39, 0.29) is 11.9 Å². The van der Waals surface area contributed by atoms with Crippen molar-refractivity contribution in [1.29, 1.82) is 0 Å². The molecule has 1 heterocycles. The van der Waals surface area contributed by atoms with Crippen molar-refractivity contribution in [2.75, 3.05) is 6.61 Å². The largest absolute Gasteiger partial charge is 0.465 e. The van der Waals surface area contributed by atoms with Crippen LogP contribution < -0.4 is 5.73 Å². The molecule has 5 heteroatoms. The molecular formula is C18H33NO4. The Morgan fingerprint density at radius 1 is 1.30 bits per heavy atom. The molecule has 2 N–H and O–H groups in total. The van der Waals surface area contributed by atoms with Crippen LogP contribution in [0.15, 0.2) is 0 Å². The maximum Gasteiger partial charge on any atom is 0.327 e. The second-order valence-corrected chi connectivity index (χ2v) is 8.42. The van der Waals surface area contributed by atoms with Crippen LogP contribution in [0.2, 0.25) is 0 Å². The van der Waals surface area contributed by atoms with Gasteiger partial charge in [-0.05, 0) is 45.4 Å². The van der Waals surface area contributed by atoms with Gasteiger partial charge in [0, 0.05) is 6.42 Å². The monoisotopic (exact) mass is 327 g/mol. The third kappa shape index (κ3) is 3.87. The Bertz CT molecular complexity index is 452. The third-order valence-corrected chi connectivity index (χ3v) is 4.75.